The first-order chi connectivity index (χ1) is 8.48. The van der Waals surface area contributed by atoms with E-state index in [4.69, 9.17) is 4.74 Å². The van der Waals surface area contributed by atoms with E-state index in [1.807, 2.05) is 19.9 Å². The molecule has 0 bridgehead atoms. The minimum Gasteiger partial charge on any atom is -0.480 e. The first-order valence-electron chi connectivity index (χ1n) is 5.72. The molecule has 0 aliphatic carbocycles. The number of rotatable bonds is 2. The summed E-state index contributed by atoms with van der Waals surface area (Å²) in [5, 5.41) is 0. The zero-order chi connectivity index (χ0) is 13.2. The SMILES string of the molecule is CC1(C)C=CC(=O)/C(=C/C(=O)c2ccccc2)O1. The minimum atomic E-state index is -0.559. The van der Waals surface area contributed by atoms with Gasteiger partial charge in [0.15, 0.2) is 11.5 Å². The molecule has 2 rings (SSSR count). The maximum atomic E-state index is 11.9. The molecule has 3 nitrogen and oxygen atoms in total. The summed E-state index contributed by atoms with van der Waals surface area (Å²) in [6.45, 7) is 3.66. The summed E-state index contributed by atoms with van der Waals surface area (Å²) in [5.41, 5.74) is -0.0229. The van der Waals surface area contributed by atoms with Crippen LogP contribution in [-0.4, -0.2) is 17.2 Å². The van der Waals surface area contributed by atoms with Gasteiger partial charge in [-0.1, -0.05) is 30.3 Å². The minimum absolute atomic E-state index is 0.0938. The second-order valence-electron chi connectivity index (χ2n) is 4.64. The number of hydrogen-bond donors (Lipinski definition) is 0. The highest BCUT2D eigenvalue weighted by molar-refractivity contribution is 6.12. The van der Waals surface area contributed by atoms with E-state index in [1.54, 1.807) is 30.3 Å². The number of carbonyl (C=O) groups is 2. The average Bonchev–Trinajstić information content (AvgIpc) is 2.35. The summed E-state index contributed by atoms with van der Waals surface area (Å²) >= 11 is 0. The quantitative estimate of drug-likeness (QED) is 0.591. The van der Waals surface area contributed by atoms with Gasteiger partial charge in [-0.25, -0.2) is 0 Å². The number of hydrogen-bond acceptors (Lipinski definition) is 3. The molecular weight excluding hydrogens is 228 g/mol. The highest BCUT2D eigenvalue weighted by atomic mass is 16.5. The van der Waals surface area contributed by atoms with Crippen LogP contribution in [-0.2, 0) is 9.53 Å². The second kappa shape index (κ2) is 4.61. The third-order valence-corrected chi connectivity index (χ3v) is 2.57. The summed E-state index contributed by atoms with van der Waals surface area (Å²) in [7, 11) is 0. The molecule has 0 saturated heterocycles. The third kappa shape index (κ3) is 2.74. The topological polar surface area (TPSA) is 43.4 Å². The molecule has 3 heteroatoms. The van der Waals surface area contributed by atoms with Gasteiger partial charge in [0, 0.05) is 11.6 Å². The van der Waals surface area contributed by atoms with E-state index >= 15 is 0 Å². The summed E-state index contributed by atoms with van der Waals surface area (Å²) < 4.78 is 5.48. The highest BCUT2D eigenvalue weighted by Gasteiger charge is 2.26. The summed E-state index contributed by atoms with van der Waals surface area (Å²) in [6, 6.07) is 8.79. The third-order valence-electron chi connectivity index (χ3n) is 2.57. The number of ether oxygens (including phenoxy) is 1. The lowest BCUT2D eigenvalue weighted by Gasteiger charge is -2.26. The van der Waals surface area contributed by atoms with Gasteiger partial charge in [-0.3, -0.25) is 9.59 Å². The van der Waals surface area contributed by atoms with E-state index in [0.717, 1.165) is 0 Å². The van der Waals surface area contributed by atoms with Crippen molar-refractivity contribution in [2.75, 3.05) is 0 Å². The molecule has 0 fully saturated rings. The van der Waals surface area contributed by atoms with Gasteiger partial charge in [0.2, 0.25) is 5.78 Å². The number of ketones is 2. The molecule has 0 aromatic heterocycles. The Morgan fingerprint density at radius 3 is 2.56 bits per heavy atom. The largest absolute Gasteiger partial charge is 0.480 e. The van der Waals surface area contributed by atoms with Crippen molar-refractivity contribution < 1.29 is 14.3 Å². The molecular formula is C15H14O3. The van der Waals surface area contributed by atoms with E-state index < -0.39 is 5.60 Å². The Hall–Kier alpha value is -2.16. The Balaban J connectivity index is 2.27. The van der Waals surface area contributed by atoms with Crippen molar-refractivity contribution in [2.45, 2.75) is 19.4 Å². The van der Waals surface area contributed by atoms with Gasteiger partial charge in [-0.15, -0.1) is 0 Å². The summed E-state index contributed by atoms with van der Waals surface area (Å²) in [5.74, 6) is -0.417. The fourth-order valence-corrected chi connectivity index (χ4v) is 1.63. The first kappa shape index (κ1) is 12.3. The Kier molecular flexibility index (Phi) is 3.15. The number of benzene rings is 1. The molecule has 0 radical (unpaired) electrons. The molecule has 1 aliphatic rings. The van der Waals surface area contributed by atoms with Crippen molar-refractivity contribution in [1.82, 2.24) is 0 Å². The number of allylic oxidation sites excluding steroid dienone is 2. The van der Waals surface area contributed by atoms with Crippen LogP contribution in [0, 0.1) is 0 Å². The second-order valence-corrected chi connectivity index (χ2v) is 4.64. The zero-order valence-electron chi connectivity index (χ0n) is 10.3. The van der Waals surface area contributed by atoms with E-state index in [0.29, 0.717) is 5.56 Å². The predicted octanol–water partition coefficient (Wildman–Crippen LogP) is 2.69. The average molecular weight is 242 g/mol. The lowest BCUT2D eigenvalue weighted by molar-refractivity contribution is -0.117. The zero-order valence-corrected chi connectivity index (χ0v) is 10.3. The molecule has 1 aliphatic heterocycles. The Labute approximate surface area is 106 Å². The molecule has 1 heterocycles. The Bertz CT molecular complexity index is 536. The fraction of sp³-hybridized carbons (Fsp3) is 0.200. The van der Waals surface area contributed by atoms with Crippen LogP contribution in [0.25, 0.3) is 0 Å². The van der Waals surface area contributed by atoms with Crippen LogP contribution in [0.2, 0.25) is 0 Å². The van der Waals surface area contributed by atoms with Gasteiger partial charge in [0.1, 0.15) is 5.60 Å². The number of carbonyl (C=O) groups excluding carboxylic acids is 2. The van der Waals surface area contributed by atoms with E-state index in [-0.39, 0.29) is 17.3 Å². The molecule has 1 aromatic carbocycles. The van der Waals surface area contributed by atoms with Crippen LogP contribution in [0.3, 0.4) is 0 Å². The van der Waals surface area contributed by atoms with Gasteiger partial charge in [-0.2, -0.15) is 0 Å². The van der Waals surface area contributed by atoms with Crippen LogP contribution in [0.15, 0.2) is 54.3 Å². The van der Waals surface area contributed by atoms with Crippen LogP contribution in [0.1, 0.15) is 24.2 Å². The normalized spacial score (nSPS) is 19.7. The van der Waals surface area contributed by atoms with Crippen molar-refractivity contribution in [2.24, 2.45) is 0 Å². The fourth-order valence-electron chi connectivity index (χ4n) is 1.63. The van der Waals surface area contributed by atoms with E-state index in [1.165, 1.54) is 12.2 Å². The summed E-state index contributed by atoms with van der Waals surface area (Å²) in [4.78, 5) is 23.6. The van der Waals surface area contributed by atoms with Crippen LogP contribution in [0.4, 0.5) is 0 Å². The maximum Gasteiger partial charge on any atom is 0.220 e. The van der Waals surface area contributed by atoms with Crippen molar-refractivity contribution in [3.05, 3.63) is 59.9 Å². The molecule has 0 unspecified atom stereocenters. The van der Waals surface area contributed by atoms with Gasteiger partial charge in [0.25, 0.3) is 0 Å². The smallest absolute Gasteiger partial charge is 0.220 e. The molecule has 0 atom stereocenters. The molecule has 92 valence electrons. The van der Waals surface area contributed by atoms with Gasteiger partial charge in [-0.05, 0) is 26.0 Å². The molecule has 0 N–H and O–H groups in total. The monoisotopic (exact) mass is 242 g/mol. The van der Waals surface area contributed by atoms with Crippen molar-refractivity contribution in [3.8, 4) is 0 Å². The highest BCUT2D eigenvalue weighted by Crippen LogP contribution is 2.22. The maximum absolute atomic E-state index is 11.9. The van der Waals surface area contributed by atoms with Crippen molar-refractivity contribution in [3.63, 3.8) is 0 Å². The molecule has 0 saturated carbocycles. The first-order valence-corrected chi connectivity index (χ1v) is 5.72. The lowest BCUT2D eigenvalue weighted by atomic mass is 10.0. The van der Waals surface area contributed by atoms with Gasteiger partial charge >= 0.3 is 0 Å². The summed E-state index contributed by atoms with van der Waals surface area (Å²) in [6.07, 6.45) is 4.37. The van der Waals surface area contributed by atoms with Crippen LogP contribution in [0.5, 0.6) is 0 Å². The Morgan fingerprint density at radius 2 is 1.89 bits per heavy atom. The van der Waals surface area contributed by atoms with Crippen molar-refractivity contribution in [1.29, 1.82) is 0 Å². The van der Waals surface area contributed by atoms with Crippen LogP contribution >= 0.6 is 0 Å². The standard InChI is InChI=1S/C15H14O3/c1-15(2)9-8-12(16)14(18-15)10-13(17)11-6-4-3-5-7-11/h3-10H,1-2H3/b14-10-. The molecule has 0 amide bonds. The molecule has 1 aromatic rings. The lowest BCUT2D eigenvalue weighted by Crippen LogP contribution is -2.28. The van der Waals surface area contributed by atoms with Crippen molar-refractivity contribution >= 4 is 11.6 Å². The van der Waals surface area contributed by atoms with Gasteiger partial charge < -0.3 is 4.74 Å². The predicted molar refractivity (Wildman–Crippen MR) is 68.2 cm³/mol. The Morgan fingerprint density at radius 1 is 1.22 bits per heavy atom. The van der Waals surface area contributed by atoms with Crippen LogP contribution < -0.4 is 0 Å². The van der Waals surface area contributed by atoms with Gasteiger partial charge in [0.05, 0.1) is 0 Å². The van der Waals surface area contributed by atoms with E-state index in [9.17, 15) is 9.59 Å². The van der Waals surface area contributed by atoms with E-state index in [2.05, 4.69) is 0 Å². The molecule has 0 spiro atoms. The molecule has 18 heavy (non-hydrogen) atoms.